The molecular weight excluding hydrogens is 388 g/mol. The van der Waals surface area contributed by atoms with Crippen LogP contribution in [0.3, 0.4) is 0 Å². The van der Waals surface area contributed by atoms with Crippen LogP contribution in [0.2, 0.25) is 5.02 Å². The lowest BCUT2D eigenvalue weighted by Crippen LogP contribution is -2.40. The number of nitrogens with zero attached hydrogens (tertiary/aromatic N) is 3. The average Bonchev–Trinajstić information content (AvgIpc) is 3.17. The highest BCUT2D eigenvalue weighted by atomic mass is 35.5. The molecular formula is C22H23ClN4O2. The normalized spacial score (nSPS) is 17.2. The summed E-state index contributed by atoms with van der Waals surface area (Å²) in [5.74, 6) is 1.01. The lowest BCUT2D eigenvalue weighted by atomic mass is 9.97. The monoisotopic (exact) mass is 410 g/mol. The predicted octanol–water partition coefficient (Wildman–Crippen LogP) is 4.55. The summed E-state index contributed by atoms with van der Waals surface area (Å²) in [5.41, 5.74) is 2.71. The maximum atomic E-state index is 12.7. The quantitative estimate of drug-likeness (QED) is 0.668. The molecule has 29 heavy (non-hydrogen) atoms. The number of rotatable bonds is 5. The van der Waals surface area contributed by atoms with E-state index in [1.165, 1.54) is 0 Å². The second kappa shape index (κ2) is 8.76. The van der Waals surface area contributed by atoms with Crippen LogP contribution in [0.5, 0.6) is 0 Å². The van der Waals surface area contributed by atoms with E-state index < -0.39 is 0 Å². The summed E-state index contributed by atoms with van der Waals surface area (Å²) in [6.45, 7) is 4.10. The number of likely N-dealkylation sites (tertiary alicyclic amines) is 1. The highest BCUT2D eigenvalue weighted by molar-refractivity contribution is 6.33. The number of benzene rings is 2. The van der Waals surface area contributed by atoms with Crippen LogP contribution in [0.15, 0.2) is 53.1 Å². The van der Waals surface area contributed by atoms with Crippen molar-refractivity contribution in [1.82, 2.24) is 15.0 Å². The molecule has 1 saturated heterocycles. The van der Waals surface area contributed by atoms with Gasteiger partial charge in [0.25, 0.3) is 0 Å². The van der Waals surface area contributed by atoms with Gasteiger partial charge in [-0.05, 0) is 56.1 Å². The van der Waals surface area contributed by atoms with Gasteiger partial charge in [-0.25, -0.2) is 0 Å². The Balaban J connectivity index is 1.38. The summed E-state index contributed by atoms with van der Waals surface area (Å²) >= 11 is 6.21. The van der Waals surface area contributed by atoms with E-state index in [0.29, 0.717) is 29.8 Å². The molecule has 2 heterocycles. The molecule has 1 aliphatic heterocycles. The zero-order valence-electron chi connectivity index (χ0n) is 16.3. The van der Waals surface area contributed by atoms with E-state index in [2.05, 4.69) is 20.4 Å². The fraction of sp³-hybridized carbons (Fsp3) is 0.318. The van der Waals surface area contributed by atoms with Gasteiger partial charge >= 0.3 is 0 Å². The van der Waals surface area contributed by atoms with Crippen molar-refractivity contribution in [2.45, 2.75) is 26.3 Å². The number of hydrogen-bond acceptors (Lipinski definition) is 5. The van der Waals surface area contributed by atoms with Crippen molar-refractivity contribution in [2.75, 3.05) is 18.4 Å². The van der Waals surface area contributed by atoms with Crippen LogP contribution in [-0.2, 0) is 11.3 Å². The molecule has 1 N–H and O–H groups in total. The van der Waals surface area contributed by atoms with E-state index in [1.807, 2.05) is 49.4 Å². The first kappa shape index (κ1) is 19.6. The van der Waals surface area contributed by atoms with Gasteiger partial charge in [-0.15, -0.1) is 0 Å². The van der Waals surface area contributed by atoms with Crippen LogP contribution in [0.25, 0.3) is 11.4 Å². The first-order chi connectivity index (χ1) is 14.1. The van der Waals surface area contributed by atoms with Crippen LogP contribution >= 0.6 is 11.6 Å². The molecule has 1 aromatic heterocycles. The van der Waals surface area contributed by atoms with Gasteiger partial charge in [0, 0.05) is 17.8 Å². The fourth-order valence-corrected chi connectivity index (χ4v) is 3.86. The fourth-order valence-electron chi connectivity index (χ4n) is 3.64. The first-order valence-corrected chi connectivity index (χ1v) is 10.1. The van der Waals surface area contributed by atoms with Crippen LogP contribution < -0.4 is 5.32 Å². The third-order valence-corrected chi connectivity index (χ3v) is 5.43. The van der Waals surface area contributed by atoms with Gasteiger partial charge in [0.2, 0.25) is 17.6 Å². The predicted molar refractivity (Wildman–Crippen MR) is 113 cm³/mol. The summed E-state index contributed by atoms with van der Waals surface area (Å²) in [5, 5.41) is 7.68. The number of aryl methyl sites for hydroxylation is 1. The maximum Gasteiger partial charge on any atom is 0.241 e. The molecule has 3 aromatic rings. The molecule has 6 nitrogen and oxygen atoms in total. The molecule has 0 radical (unpaired) electrons. The number of nitrogens with one attached hydrogen (secondary N) is 1. The minimum Gasteiger partial charge on any atom is -0.338 e. The van der Waals surface area contributed by atoms with Gasteiger partial charge in [0.1, 0.15) is 0 Å². The van der Waals surface area contributed by atoms with Gasteiger partial charge in [0.15, 0.2) is 0 Å². The standard InChI is InChI=1S/C22H23ClN4O2/c1-15-6-4-8-17(12-15)24-22(28)16-7-5-11-27(13-16)14-20-25-21(26-29-20)18-9-2-3-10-19(18)23/h2-4,6,8-10,12,16H,5,7,11,13-14H2,1H3,(H,24,28). The highest BCUT2D eigenvalue weighted by Crippen LogP contribution is 2.26. The number of aromatic nitrogens is 2. The Bertz CT molecular complexity index is 1000. The van der Waals surface area contributed by atoms with Gasteiger partial charge in [-0.1, -0.05) is 41.0 Å². The first-order valence-electron chi connectivity index (χ1n) is 9.76. The van der Waals surface area contributed by atoms with Crippen molar-refractivity contribution >= 4 is 23.2 Å². The minimum atomic E-state index is -0.0600. The summed E-state index contributed by atoms with van der Waals surface area (Å²) < 4.78 is 5.42. The molecule has 150 valence electrons. The Labute approximate surface area is 174 Å². The summed E-state index contributed by atoms with van der Waals surface area (Å²) in [4.78, 5) is 19.4. The third-order valence-electron chi connectivity index (χ3n) is 5.10. The molecule has 0 aliphatic carbocycles. The second-order valence-corrected chi connectivity index (χ2v) is 7.83. The molecule has 4 rings (SSSR count). The summed E-state index contributed by atoms with van der Waals surface area (Å²) in [6.07, 6.45) is 1.83. The van der Waals surface area contributed by atoms with Crippen molar-refractivity contribution in [3.8, 4) is 11.4 Å². The Morgan fingerprint density at radius 2 is 2.14 bits per heavy atom. The van der Waals surface area contributed by atoms with Crippen LogP contribution in [0, 0.1) is 12.8 Å². The Kier molecular flexibility index (Phi) is 5.92. The zero-order valence-corrected chi connectivity index (χ0v) is 17.0. The van der Waals surface area contributed by atoms with Crippen molar-refractivity contribution < 1.29 is 9.32 Å². The molecule has 1 fully saturated rings. The second-order valence-electron chi connectivity index (χ2n) is 7.42. The lowest BCUT2D eigenvalue weighted by molar-refractivity contribution is -0.121. The van der Waals surface area contributed by atoms with Crippen molar-refractivity contribution in [3.63, 3.8) is 0 Å². The van der Waals surface area contributed by atoms with Crippen LogP contribution in [0.1, 0.15) is 24.3 Å². The van der Waals surface area contributed by atoms with Crippen LogP contribution in [0.4, 0.5) is 5.69 Å². The molecule has 1 unspecified atom stereocenters. The molecule has 1 amide bonds. The molecule has 0 spiro atoms. The highest BCUT2D eigenvalue weighted by Gasteiger charge is 2.27. The molecule has 1 aliphatic rings. The third kappa shape index (κ3) is 4.83. The van der Waals surface area contributed by atoms with E-state index >= 15 is 0 Å². The smallest absolute Gasteiger partial charge is 0.241 e. The van der Waals surface area contributed by atoms with Crippen LogP contribution in [-0.4, -0.2) is 34.0 Å². The maximum absolute atomic E-state index is 12.7. The number of halogens is 1. The van der Waals surface area contributed by atoms with E-state index in [-0.39, 0.29) is 11.8 Å². The SMILES string of the molecule is Cc1cccc(NC(=O)C2CCCN(Cc3nc(-c4ccccc4Cl)no3)C2)c1. The molecule has 0 bridgehead atoms. The molecule has 2 aromatic carbocycles. The van der Waals surface area contributed by atoms with Gasteiger partial charge in [0.05, 0.1) is 17.5 Å². The minimum absolute atomic E-state index is 0.0579. The number of carbonyl (C=O) groups is 1. The lowest BCUT2D eigenvalue weighted by Gasteiger charge is -2.30. The largest absolute Gasteiger partial charge is 0.338 e. The van der Waals surface area contributed by atoms with Crippen molar-refractivity contribution in [2.24, 2.45) is 5.92 Å². The van der Waals surface area contributed by atoms with E-state index in [0.717, 1.165) is 36.2 Å². The molecule has 1 atom stereocenters. The molecule has 7 heteroatoms. The van der Waals surface area contributed by atoms with E-state index in [4.69, 9.17) is 16.1 Å². The van der Waals surface area contributed by atoms with Gasteiger partial charge < -0.3 is 9.84 Å². The van der Waals surface area contributed by atoms with Crippen molar-refractivity contribution in [3.05, 3.63) is 65.0 Å². The number of piperidine rings is 1. The van der Waals surface area contributed by atoms with Gasteiger partial charge in [-0.3, -0.25) is 9.69 Å². The summed E-state index contributed by atoms with van der Waals surface area (Å²) in [6, 6.07) is 15.3. The Morgan fingerprint density at radius 3 is 2.97 bits per heavy atom. The number of anilines is 1. The summed E-state index contributed by atoms with van der Waals surface area (Å²) in [7, 11) is 0. The van der Waals surface area contributed by atoms with E-state index in [1.54, 1.807) is 6.07 Å². The number of amides is 1. The van der Waals surface area contributed by atoms with E-state index in [9.17, 15) is 4.79 Å². The number of hydrogen-bond donors (Lipinski definition) is 1. The van der Waals surface area contributed by atoms with Gasteiger partial charge in [-0.2, -0.15) is 4.98 Å². The average molecular weight is 411 g/mol. The number of carbonyl (C=O) groups excluding carboxylic acids is 1. The Morgan fingerprint density at radius 1 is 1.28 bits per heavy atom. The Hall–Kier alpha value is -2.70. The zero-order chi connectivity index (χ0) is 20.2. The molecule has 0 saturated carbocycles. The topological polar surface area (TPSA) is 71.3 Å². The van der Waals surface area contributed by atoms with Crippen molar-refractivity contribution in [1.29, 1.82) is 0 Å².